The monoisotopic (exact) mass is 350 g/mol. The summed E-state index contributed by atoms with van der Waals surface area (Å²) in [6.07, 6.45) is 3.55. The van der Waals surface area contributed by atoms with Crippen LogP contribution in [0.4, 0.5) is 5.13 Å². The molecule has 0 spiro atoms. The smallest absolute Gasteiger partial charge is 0.277 e. The zero-order chi connectivity index (χ0) is 17.2. The molecule has 1 aromatic carbocycles. The third-order valence-electron chi connectivity index (χ3n) is 3.71. The summed E-state index contributed by atoms with van der Waals surface area (Å²) in [6.45, 7) is 0. The number of benzene rings is 1. The number of hydrogen-bond acceptors (Lipinski definition) is 5. The van der Waals surface area contributed by atoms with Gasteiger partial charge >= 0.3 is 0 Å². The first-order valence-corrected chi connectivity index (χ1v) is 8.46. The van der Waals surface area contributed by atoms with Crippen molar-refractivity contribution in [1.29, 1.82) is 0 Å². The maximum absolute atomic E-state index is 12.4. The van der Waals surface area contributed by atoms with E-state index in [1.807, 2.05) is 54.0 Å². The Kier molecular flexibility index (Phi) is 3.91. The molecule has 0 aliphatic carbocycles. The highest BCUT2D eigenvalue weighted by molar-refractivity contribution is 7.14. The maximum atomic E-state index is 12.4. The van der Waals surface area contributed by atoms with Crippen molar-refractivity contribution in [3.8, 4) is 17.0 Å². The molecule has 4 aromatic rings. The summed E-state index contributed by atoms with van der Waals surface area (Å²) in [5.74, 6) is 0.513. The number of pyridine rings is 1. The molecule has 0 aliphatic heterocycles. The van der Waals surface area contributed by atoms with Gasteiger partial charge in [-0.1, -0.05) is 6.07 Å². The van der Waals surface area contributed by atoms with Gasteiger partial charge in [-0.25, -0.2) is 9.97 Å². The van der Waals surface area contributed by atoms with Crippen LogP contribution in [0.5, 0.6) is 5.75 Å². The van der Waals surface area contributed by atoms with E-state index in [1.54, 1.807) is 17.7 Å². The molecule has 0 unspecified atom stereocenters. The number of thiazole rings is 1. The number of hydrogen-bond donors (Lipinski definition) is 1. The molecule has 0 bridgehead atoms. The van der Waals surface area contributed by atoms with Gasteiger partial charge in [-0.3, -0.25) is 10.1 Å². The molecule has 0 saturated heterocycles. The molecule has 3 aromatic heterocycles. The zero-order valence-electron chi connectivity index (χ0n) is 13.3. The highest BCUT2D eigenvalue weighted by Crippen LogP contribution is 2.26. The van der Waals surface area contributed by atoms with Crippen molar-refractivity contribution in [2.24, 2.45) is 0 Å². The van der Waals surface area contributed by atoms with Crippen LogP contribution in [-0.4, -0.2) is 27.4 Å². The number of imidazole rings is 1. The van der Waals surface area contributed by atoms with Crippen LogP contribution in [0.1, 0.15) is 10.5 Å². The Morgan fingerprint density at radius 2 is 2.00 bits per heavy atom. The average Bonchev–Trinajstić information content (AvgIpc) is 3.28. The van der Waals surface area contributed by atoms with Crippen molar-refractivity contribution in [2.75, 3.05) is 12.4 Å². The molecule has 0 aliphatic rings. The fourth-order valence-electron chi connectivity index (χ4n) is 2.43. The largest absolute Gasteiger partial charge is 0.497 e. The van der Waals surface area contributed by atoms with Crippen LogP contribution in [0.2, 0.25) is 0 Å². The van der Waals surface area contributed by atoms with E-state index in [0.29, 0.717) is 10.8 Å². The predicted octanol–water partition coefficient (Wildman–Crippen LogP) is 3.72. The Bertz CT molecular complexity index is 1000. The van der Waals surface area contributed by atoms with Crippen LogP contribution in [0.15, 0.2) is 60.2 Å². The SMILES string of the molecule is COc1ccc(-c2csc(NC(=O)c3cn4ccccc4n3)n2)cc1. The van der Waals surface area contributed by atoms with E-state index in [0.717, 1.165) is 22.7 Å². The number of nitrogens with zero attached hydrogens (tertiary/aromatic N) is 3. The molecule has 1 amide bonds. The van der Waals surface area contributed by atoms with Gasteiger partial charge < -0.3 is 9.14 Å². The zero-order valence-corrected chi connectivity index (χ0v) is 14.2. The molecule has 4 rings (SSSR count). The highest BCUT2D eigenvalue weighted by Gasteiger charge is 2.13. The minimum atomic E-state index is -0.278. The van der Waals surface area contributed by atoms with Gasteiger partial charge in [-0.15, -0.1) is 11.3 Å². The Morgan fingerprint density at radius 3 is 2.76 bits per heavy atom. The molecule has 7 heteroatoms. The molecule has 1 N–H and O–H groups in total. The molecule has 124 valence electrons. The summed E-state index contributed by atoms with van der Waals surface area (Å²) < 4.78 is 6.96. The summed E-state index contributed by atoms with van der Waals surface area (Å²) in [7, 11) is 1.63. The lowest BCUT2D eigenvalue weighted by Crippen LogP contribution is -2.12. The molecule has 6 nitrogen and oxygen atoms in total. The third-order valence-corrected chi connectivity index (χ3v) is 4.46. The second-order valence-corrected chi connectivity index (χ2v) is 6.17. The molecule has 0 atom stereocenters. The number of carbonyl (C=O) groups excluding carboxylic acids is 1. The molecule has 25 heavy (non-hydrogen) atoms. The van der Waals surface area contributed by atoms with Gasteiger partial charge in [-0.05, 0) is 36.4 Å². The van der Waals surface area contributed by atoms with Crippen LogP contribution >= 0.6 is 11.3 Å². The van der Waals surface area contributed by atoms with Gasteiger partial charge in [0.05, 0.1) is 12.8 Å². The summed E-state index contributed by atoms with van der Waals surface area (Å²) in [5, 5.41) is 5.24. The summed E-state index contributed by atoms with van der Waals surface area (Å²) in [5.41, 5.74) is 2.85. The lowest BCUT2D eigenvalue weighted by atomic mass is 10.2. The number of aromatic nitrogens is 3. The van der Waals surface area contributed by atoms with Crippen molar-refractivity contribution < 1.29 is 9.53 Å². The van der Waals surface area contributed by atoms with Gasteiger partial charge in [0.2, 0.25) is 0 Å². The first-order valence-electron chi connectivity index (χ1n) is 7.58. The van der Waals surface area contributed by atoms with Crippen molar-refractivity contribution in [1.82, 2.24) is 14.4 Å². The number of methoxy groups -OCH3 is 1. The first kappa shape index (κ1) is 15.3. The Balaban J connectivity index is 1.52. The van der Waals surface area contributed by atoms with Gasteiger partial charge in [0.25, 0.3) is 5.91 Å². The van der Waals surface area contributed by atoms with Crippen LogP contribution in [0.3, 0.4) is 0 Å². The predicted molar refractivity (Wildman–Crippen MR) is 97.2 cm³/mol. The quantitative estimate of drug-likeness (QED) is 0.609. The number of fused-ring (bicyclic) bond motifs is 1. The van der Waals surface area contributed by atoms with Gasteiger partial charge in [-0.2, -0.15) is 0 Å². The Labute approximate surface area is 147 Å². The van der Waals surface area contributed by atoms with Crippen LogP contribution in [-0.2, 0) is 0 Å². The second kappa shape index (κ2) is 6.37. The number of amides is 1. The maximum Gasteiger partial charge on any atom is 0.277 e. The molecule has 3 heterocycles. The highest BCUT2D eigenvalue weighted by atomic mass is 32.1. The standard InChI is InChI=1S/C18H14N4O2S/c1-24-13-7-5-12(6-8-13)15-11-25-18(20-15)21-17(23)14-10-22-9-3-2-4-16(22)19-14/h2-11H,1H3,(H,20,21,23). The van der Waals surface area contributed by atoms with Gasteiger partial charge in [0.1, 0.15) is 17.1 Å². The van der Waals surface area contributed by atoms with E-state index >= 15 is 0 Å². The van der Waals surface area contributed by atoms with E-state index < -0.39 is 0 Å². The van der Waals surface area contributed by atoms with Gasteiger partial charge in [0, 0.05) is 23.3 Å². The van der Waals surface area contributed by atoms with E-state index in [9.17, 15) is 4.79 Å². The van der Waals surface area contributed by atoms with Crippen molar-refractivity contribution in [3.05, 3.63) is 65.9 Å². The van der Waals surface area contributed by atoms with E-state index in [4.69, 9.17) is 4.74 Å². The average molecular weight is 350 g/mol. The number of rotatable bonds is 4. The summed E-state index contributed by atoms with van der Waals surface area (Å²) in [4.78, 5) is 21.1. The molecular formula is C18H14N4O2S. The second-order valence-electron chi connectivity index (χ2n) is 5.31. The summed E-state index contributed by atoms with van der Waals surface area (Å²) in [6, 6.07) is 13.2. The van der Waals surface area contributed by atoms with Crippen molar-refractivity contribution in [2.45, 2.75) is 0 Å². The topological polar surface area (TPSA) is 68.5 Å². The third kappa shape index (κ3) is 3.09. The molecule has 0 saturated carbocycles. The number of nitrogens with one attached hydrogen (secondary N) is 1. The summed E-state index contributed by atoms with van der Waals surface area (Å²) >= 11 is 1.38. The lowest BCUT2D eigenvalue weighted by molar-refractivity contribution is 0.102. The molecular weight excluding hydrogens is 336 g/mol. The minimum absolute atomic E-state index is 0.278. The number of carbonyl (C=O) groups is 1. The fourth-order valence-corrected chi connectivity index (χ4v) is 3.15. The Hall–Kier alpha value is -3.19. The minimum Gasteiger partial charge on any atom is -0.497 e. The van der Waals surface area contributed by atoms with Crippen LogP contribution in [0.25, 0.3) is 16.9 Å². The van der Waals surface area contributed by atoms with E-state index in [2.05, 4.69) is 15.3 Å². The number of anilines is 1. The molecule has 0 fully saturated rings. The Morgan fingerprint density at radius 1 is 1.16 bits per heavy atom. The number of ether oxygens (including phenoxy) is 1. The fraction of sp³-hybridized carbons (Fsp3) is 0.0556. The van der Waals surface area contributed by atoms with E-state index in [-0.39, 0.29) is 5.91 Å². The van der Waals surface area contributed by atoms with Crippen molar-refractivity contribution in [3.63, 3.8) is 0 Å². The first-order chi connectivity index (χ1) is 12.2. The van der Waals surface area contributed by atoms with Crippen molar-refractivity contribution >= 4 is 28.0 Å². The van der Waals surface area contributed by atoms with E-state index in [1.165, 1.54) is 11.3 Å². The normalized spacial score (nSPS) is 10.8. The van der Waals surface area contributed by atoms with Crippen LogP contribution in [0, 0.1) is 0 Å². The lowest BCUT2D eigenvalue weighted by Gasteiger charge is -2.00. The van der Waals surface area contributed by atoms with Gasteiger partial charge in [0.15, 0.2) is 5.13 Å². The molecule has 0 radical (unpaired) electrons. The van der Waals surface area contributed by atoms with Crippen LogP contribution < -0.4 is 10.1 Å².